The maximum Gasteiger partial charge on any atom is 0.360 e. The fourth-order valence-corrected chi connectivity index (χ4v) is 2.47. The van der Waals surface area contributed by atoms with Crippen LogP contribution in [-0.4, -0.2) is 95.3 Å². The Kier molecular flexibility index (Phi) is 24.1. The molecule has 1 saturated heterocycles. The third-order valence-corrected chi connectivity index (χ3v) is 4.40. The van der Waals surface area contributed by atoms with E-state index in [1.165, 1.54) is 41.5 Å². The number of oxime groups is 3. The van der Waals surface area contributed by atoms with Crippen LogP contribution in [0.2, 0.25) is 0 Å². The zero-order valence-corrected chi connectivity index (χ0v) is 22.7. The highest BCUT2D eigenvalue weighted by Gasteiger charge is 2.26. The normalized spacial score (nSPS) is 18.8. The van der Waals surface area contributed by atoms with Gasteiger partial charge < -0.3 is 40.1 Å². The van der Waals surface area contributed by atoms with Crippen LogP contribution in [0.5, 0.6) is 0 Å². The first-order valence-corrected chi connectivity index (χ1v) is 11.1. The van der Waals surface area contributed by atoms with Gasteiger partial charge in [-0.15, -0.1) is 0 Å². The van der Waals surface area contributed by atoms with Crippen LogP contribution in [0.25, 0.3) is 0 Å². The van der Waals surface area contributed by atoms with Gasteiger partial charge in [0.15, 0.2) is 17.1 Å². The first-order valence-electron chi connectivity index (χ1n) is 11.1. The molecule has 0 bridgehead atoms. The van der Waals surface area contributed by atoms with E-state index in [4.69, 9.17) is 9.84 Å². The number of carbonyl (C=O) groups excluding carboxylic acids is 3. The molecule has 0 aliphatic carbocycles. The Hall–Kier alpha value is -3.78. The Labute approximate surface area is 224 Å². The number of hydrogen-bond acceptors (Lipinski definition) is 13. The molecule has 0 aromatic heterocycles. The van der Waals surface area contributed by atoms with Crippen molar-refractivity contribution in [3.05, 3.63) is 23.3 Å². The second kappa shape index (κ2) is 23.6. The summed E-state index contributed by atoms with van der Waals surface area (Å²) in [6.07, 6.45) is 4.08. The summed E-state index contributed by atoms with van der Waals surface area (Å²) in [5.74, 6) is -0.974. The van der Waals surface area contributed by atoms with E-state index in [1.54, 1.807) is 19.9 Å². The van der Waals surface area contributed by atoms with Crippen molar-refractivity contribution in [1.29, 1.82) is 0 Å². The molecule has 1 unspecified atom stereocenters. The van der Waals surface area contributed by atoms with Crippen LogP contribution in [-0.2, 0) is 38.4 Å². The Morgan fingerprint density at radius 2 is 1.76 bits per heavy atom. The lowest BCUT2D eigenvalue weighted by atomic mass is 10.0. The number of aliphatic hydroxyl groups excluding tert-OH is 1. The standard InChI is InChI=1S/C8H14N2O3.C7H11NO3.C7H9NO3.CH5N.CH4/c1-6(4-5-11)7(10-13-3)8(12)9-2;2*1-5-3-4-11-7(9)6(5)8-10-2;1-2;/h4,11H,5H2,1-3H3,(H,9,12);5H,3-4H2,1-2H3;3H,4H2,1-2H3;2H2,1H3;1H4/b6-4-,10-7+;2*8-6+;;. The summed E-state index contributed by atoms with van der Waals surface area (Å²) >= 11 is 0. The third-order valence-electron chi connectivity index (χ3n) is 4.40. The Morgan fingerprint density at radius 1 is 1.16 bits per heavy atom. The molecule has 4 N–H and O–H groups in total. The number of rotatable bonds is 6. The van der Waals surface area contributed by atoms with Gasteiger partial charge in [0.25, 0.3) is 5.91 Å². The second-order valence-electron chi connectivity index (χ2n) is 6.86. The fourth-order valence-electron chi connectivity index (χ4n) is 2.47. The second-order valence-corrected chi connectivity index (χ2v) is 6.86. The zero-order chi connectivity index (χ0) is 28.8. The van der Waals surface area contributed by atoms with Crippen molar-refractivity contribution in [3.63, 3.8) is 0 Å². The molecule has 14 nitrogen and oxygen atoms in total. The van der Waals surface area contributed by atoms with Crippen LogP contribution >= 0.6 is 0 Å². The van der Waals surface area contributed by atoms with Crippen LogP contribution in [0.3, 0.4) is 0 Å². The summed E-state index contributed by atoms with van der Waals surface area (Å²) in [7, 11) is 7.17. The summed E-state index contributed by atoms with van der Waals surface area (Å²) in [5.41, 5.74) is 6.67. The predicted molar refractivity (Wildman–Crippen MR) is 145 cm³/mol. The topological polar surface area (TPSA) is 193 Å². The number of carbonyl (C=O) groups is 3. The Morgan fingerprint density at radius 3 is 2.21 bits per heavy atom. The molecule has 2 aliphatic heterocycles. The number of nitrogens with one attached hydrogen (secondary N) is 1. The van der Waals surface area contributed by atoms with Crippen molar-refractivity contribution < 1.29 is 43.5 Å². The molecule has 38 heavy (non-hydrogen) atoms. The van der Waals surface area contributed by atoms with Crippen molar-refractivity contribution in [3.8, 4) is 0 Å². The molecule has 0 aromatic rings. The van der Waals surface area contributed by atoms with Gasteiger partial charge in [0.05, 0.1) is 13.2 Å². The molecule has 2 rings (SSSR count). The van der Waals surface area contributed by atoms with E-state index in [1.807, 2.05) is 6.92 Å². The monoisotopic (exact) mass is 545 g/mol. The minimum atomic E-state index is -0.424. The number of esters is 2. The van der Waals surface area contributed by atoms with Gasteiger partial charge in [-0.05, 0) is 44.5 Å². The summed E-state index contributed by atoms with van der Waals surface area (Å²) in [4.78, 5) is 46.5. The summed E-state index contributed by atoms with van der Waals surface area (Å²) in [6, 6.07) is 0. The SMILES string of the molecule is C.CN.CNC(=O)C(=N/OC)/C(C)=C\CO.CO/N=C1/C(=O)OCC=C1C.CO/N=C1/C(=O)OCCC1C. The highest BCUT2D eigenvalue weighted by atomic mass is 16.6. The molecule has 1 amide bonds. The lowest BCUT2D eigenvalue weighted by Crippen LogP contribution is -2.31. The maximum atomic E-state index is 11.2. The lowest BCUT2D eigenvalue weighted by Gasteiger charge is -2.18. The van der Waals surface area contributed by atoms with E-state index in [0.29, 0.717) is 24.5 Å². The van der Waals surface area contributed by atoms with Gasteiger partial charge >= 0.3 is 11.9 Å². The van der Waals surface area contributed by atoms with Crippen LogP contribution in [0.15, 0.2) is 38.8 Å². The molecule has 218 valence electrons. The molecule has 2 heterocycles. The molecule has 14 heteroatoms. The number of amides is 1. The molecule has 1 atom stereocenters. The van der Waals surface area contributed by atoms with E-state index in [2.05, 4.69) is 45.8 Å². The minimum Gasteiger partial charge on any atom is -0.461 e. The highest BCUT2D eigenvalue weighted by Crippen LogP contribution is 2.12. The number of aliphatic hydroxyl groups is 1. The maximum absolute atomic E-state index is 11.2. The van der Waals surface area contributed by atoms with Gasteiger partial charge in [-0.1, -0.05) is 35.9 Å². The van der Waals surface area contributed by atoms with Gasteiger partial charge in [-0.25, -0.2) is 9.59 Å². The van der Waals surface area contributed by atoms with Crippen molar-refractivity contribution in [2.24, 2.45) is 27.1 Å². The van der Waals surface area contributed by atoms with Crippen molar-refractivity contribution in [1.82, 2.24) is 5.32 Å². The minimum absolute atomic E-state index is 0. The third kappa shape index (κ3) is 14.7. The summed E-state index contributed by atoms with van der Waals surface area (Å²) < 4.78 is 9.45. The lowest BCUT2D eigenvalue weighted by molar-refractivity contribution is -0.138. The predicted octanol–water partition coefficient (Wildman–Crippen LogP) is 0.948. The van der Waals surface area contributed by atoms with E-state index in [9.17, 15) is 14.4 Å². The van der Waals surface area contributed by atoms with E-state index in [-0.39, 0.29) is 43.3 Å². The number of cyclic esters (lactones) is 2. The van der Waals surface area contributed by atoms with E-state index in [0.717, 1.165) is 12.0 Å². The average molecular weight is 546 g/mol. The molecule has 0 radical (unpaired) electrons. The average Bonchev–Trinajstić information content (AvgIpc) is 2.89. The molecule has 0 aromatic carbocycles. The van der Waals surface area contributed by atoms with Gasteiger partial charge in [0.2, 0.25) is 0 Å². The summed E-state index contributed by atoms with van der Waals surface area (Å²) in [5, 5.41) is 21.7. The van der Waals surface area contributed by atoms with Crippen molar-refractivity contribution in [2.75, 3.05) is 55.2 Å². The largest absolute Gasteiger partial charge is 0.461 e. The van der Waals surface area contributed by atoms with Crippen LogP contribution < -0.4 is 11.1 Å². The van der Waals surface area contributed by atoms with Gasteiger partial charge in [0, 0.05) is 13.0 Å². The molecular weight excluding hydrogens is 502 g/mol. The molecule has 0 saturated carbocycles. The number of nitrogens with two attached hydrogens (primary N) is 1. The summed E-state index contributed by atoms with van der Waals surface area (Å²) in [6.45, 7) is 6.07. The van der Waals surface area contributed by atoms with Gasteiger partial charge in [0.1, 0.15) is 27.9 Å². The first kappa shape index (κ1) is 38.7. The Bertz CT molecular complexity index is 881. The molecule has 1 fully saturated rings. The van der Waals surface area contributed by atoms with E-state index >= 15 is 0 Å². The van der Waals surface area contributed by atoms with Crippen LogP contribution in [0.1, 0.15) is 34.6 Å². The zero-order valence-electron chi connectivity index (χ0n) is 22.7. The molecule has 2 aliphatic rings. The fraction of sp³-hybridized carbons (Fsp3) is 0.583. The van der Waals surface area contributed by atoms with Crippen LogP contribution in [0, 0.1) is 5.92 Å². The Balaban J connectivity index is -0.000000463. The number of hydrogen-bond donors (Lipinski definition) is 3. The van der Waals surface area contributed by atoms with Crippen molar-refractivity contribution >= 4 is 35.0 Å². The van der Waals surface area contributed by atoms with Gasteiger partial charge in [-0.2, -0.15) is 0 Å². The number of nitrogens with zero attached hydrogens (tertiary/aromatic N) is 3. The number of ether oxygens (including phenoxy) is 2. The highest BCUT2D eigenvalue weighted by molar-refractivity contribution is 6.45. The van der Waals surface area contributed by atoms with Gasteiger partial charge in [-0.3, -0.25) is 4.79 Å². The smallest absolute Gasteiger partial charge is 0.360 e. The molecule has 0 spiro atoms. The molecular formula is C24H43N5O9. The first-order chi connectivity index (χ1) is 17.7. The van der Waals surface area contributed by atoms with Crippen molar-refractivity contribution in [2.45, 2.75) is 34.6 Å². The quantitative estimate of drug-likeness (QED) is 0.246. The van der Waals surface area contributed by atoms with E-state index < -0.39 is 5.97 Å². The van der Waals surface area contributed by atoms with Crippen LogP contribution in [0.4, 0.5) is 0 Å².